The molecular formula is C47H80O7. The monoisotopic (exact) mass is 757 g/mol. The summed E-state index contributed by atoms with van der Waals surface area (Å²) in [6.07, 6.45) is 49.0. The van der Waals surface area contributed by atoms with E-state index in [4.69, 9.17) is 9.47 Å². The van der Waals surface area contributed by atoms with E-state index in [-0.39, 0.29) is 19.0 Å². The van der Waals surface area contributed by atoms with E-state index < -0.39 is 30.9 Å². The van der Waals surface area contributed by atoms with Crippen molar-refractivity contribution in [2.75, 3.05) is 13.2 Å². The van der Waals surface area contributed by atoms with Crippen LogP contribution < -0.4 is 0 Å². The third-order valence-electron chi connectivity index (χ3n) is 9.19. The van der Waals surface area contributed by atoms with Gasteiger partial charge in [-0.05, 0) is 38.5 Å². The maximum atomic E-state index is 12.2. The fourth-order valence-electron chi connectivity index (χ4n) is 5.88. The van der Waals surface area contributed by atoms with Crippen LogP contribution in [0.2, 0.25) is 0 Å². The van der Waals surface area contributed by atoms with E-state index in [1.165, 1.54) is 103 Å². The first kappa shape index (κ1) is 51.3. The second-order valence-electron chi connectivity index (χ2n) is 14.4. The summed E-state index contributed by atoms with van der Waals surface area (Å²) in [5, 5.41) is 29.5. The van der Waals surface area contributed by atoms with Crippen LogP contribution in [0.5, 0.6) is 0 Å². The first-order valence-electron chi connectivity index (χ1n) is 21.7. The predicted octanol–water partition coefficient (Wildman–Crippen LogP) is 11.7. The van der Waals surface area contributed by atoms with Crippen molar-refractivity contribution in [1.82, 2.24) is 0 Å². The molecule has 0 bridgehead atoms. The molecule has 3 atom stereocenters. The van der Waals surface area contributed by atoms with Gasteiger partial charge in [0.05, 0.1) is 18.8 Å². The van der Waals surface area contributed by atoms with Crippen molar-refractivity contribution in [2.45, 2.75) is 199 Å². The first-order valence-corrected chi connectivity index (χ1v) is 21.7. The number of carbonyl (C=O) groups excluding carboxylic acids is 2. The quantitative estimate of drug-likeness (QED) is 0.0249. The molecule has 0 spiro atoms. The predicted molar refractivity (Wildman–Crippen MR) is 226 cm³/mol. The molecule has 0 radical (unpaired) electrons. The van der Waals surface area contributed by atoms with Gasteiger partial charge in [0, 0.05) is 12.8 Å². The highest BCUT2D eigenvalue weighted by molar-refractivity contribution is 5.70. The van der Waals surface area contributed by atoms with Crippen molar-refractivity contribution in [2.24, 2.45) is 0 Å². The highest BCUT2D eigenvalue weighted by Gasteiger charge is 2.16. The third kappa shape index (κ3) is 39.0. The summed E-state index contributed by atoms with van der Waals surface area (Å²) in [5.74, 6) is -0.773. The maximum Gasteiger partial charge on any atom is 0.306 e. The Kier molecular flexibility index (Phi) is 39.3. The number of hydrogen-bond acceptors (Lipinski definition) is 7. The Hall–Kier alpha value is -2.74. The zero-order valence-electron chi connectivity index (χ0n) is 34.4. The fraction of sp³-hybridized carbons (Fsp3) is 0.702. The molecule has 0 aliphatic rings. The summed E-state index contributed by atoms with van der Waals surface area (Å²) in [7, 11) is 0. The maximum absolute atomic E-state index is 12.2. The molecule has 0 rings (SSSR count). The number of aliphatic hydroxyl groups is 3. The molecule has 0 saturated heterocycles. The van der Waals surface area contributed by atoms with Crippen molar-refractivity contribution in [3.05, 3.63) is 72.9 Å². The van der Waals surface area contributed by atoms with Crippen LogP contribution in [0.1, 0.15) is 181 Å². The number of rotatable bonds is 38. The van der Waals surface area contributed by atoms with E-state index in [9.17, 15) is 24.9 Å². The van der Waals surface area contributed by atoms with Gasteiger partial charge >= 0.3 is 11.9 Å². The van der Waals surface area contributed by atoms with Gasteiger partial charge in [0.15, 0.2) is 6.10 Å². The number of hydrogen-bond donors (Lipinski definition) is 3. The molecule has 0 unspecified atom stereocenters. The summed E-state index contributed by atoms with van der Waals surface area (Å²) in [6.45, 7) is 3.80. The molecule has 0 fully saturated rings. The smallest absolute Gasteiger partial charge is 0.306 e. The number of allylic oxidation sites excluding steroid dienone is 8. The van der Waals surface area contributed by atoms with Crippen molar-refractivity contribution in [1.29, 1.82) is 0 Å². The Morgan fingerprint density at radius 2 is 1.07 bits per heavy atom. The van der Waals surface area contributed by atoms with Gasteiger partial charge < -0.3 is 24.8 Å². The Bertz CT molecular complexity index is 1030. The van der Waals surface area contributed by atoms with Crippen molar-refractivity contribution in [3.63, 3.8) is 0 Å². The summed E-state index contributed by atoms with van der Waals surface area (Å²) < 4.78 is 10.5. The summed E-state index contributed by atoms with van der Waals surface area (Å²) >= 11 is 0. The second-order valence-corrected chi connectivity index (χ2v) is 14.4. The zero-order valence-corrected chi connectivity index (χ0v) is 34.4. The minimum atomic E-state index is -0.861. The lowest BCUT2D eigenvalue weighted by Gasteiger charge is -2.15. The third-order valence-corrected chi connectivity index (χ3v) is 9.19. The molecular weight excluding hydrogens is 677 g/mol. The van der Waals surface area contributed by atoms with Crippen molar-refractivity contribution >= 4 is 11.9 Å². The van der Waals surface area contributed by atoms with Crippen LogP contribution in [-0.4, -0.2) is 58.8 Å². The molecule has 3 N–H and O–H groups in total. The topological polar surface area (TPSA) is 113 Å². The Morgan fingerprint density at radius 1 is 0.556 bits per heavy atom. The van der Waals surface area contributed by atoms with Crippen LogP contribution >= 0.6 is 0 Å². The lowest BCUT2D eigenvalue weighted by atomic mass is 10.0. The molecule has 7 heteroatoms. The molecule has 7 nitrogen and oxygen atoms in total. The number of unbranched alkanes of at least 4 members (excludes halogenated alkanes) is 19. The van der Waals surface area contributed by atoms with Gasteiger partial charge in [0.1, 0.15) is 6.61 Å². The number of carbonyl (C=O) groups is 2. The van der Waals surface area contributed by atoms with Crippen LogP contribution in [0.15, 0.2) is 72.9 Å². The fourth-order valence-corrected chi connectivity index (χ4v) is 5.88. The van der Waals surface area contributed by atoms with E-state index >= 15 is 0 Å². The van der Waals surface area contributed by atoms with E-state index in [0.717, 1.165) is 32.1 Å². The van der Waals surface area contributed by atoms with Gasteiger partial charge in [-0.1, -0.05) is 202 Å². The SMILES string of the molecule is CC/C=C\C[C@H](O)/C=C/C=C\C/C=C\C=C\[C@H](O)/C=C\CCCC(=O)O[C@@H](CO)COC(=O)CCCCCCCCCCCCCCCCCCCCC. The van der Waals surface area contributed by atoms with E-state index in [1.54, 1.807) is 24.3 Å². The Morgan fingerprint density at radius 3 is 1.61 bits per heavy atom. The summed E-state index contributed by atoms with van der Waals surface area (Å²) in [6, 6.07) is 0. The lowest BCUT2D eigenvalue weighted by Crippen LogP contribution is -2.28. The number of esters is 2. The van der Waals surface area contributed by atoms with Crippen LogP contribution in [0.4, 0.5) is 0 Å². The molecule has 0 aromatic heterocycles. The Labute approximate surface area is 330 Å². The average molecular weight is 757 g/mol. The molecule has 310 valence electrons. The molecule has 0 aromatic rings. The van der Waals surface area contributed by atoms with Gasteiger partial charge in [0.25, 0.3) is 0 Å². The van der Waals surface area contributed by atoms with Crippen LogP contribution in [0.25, 0.3) is 0 Å². The molecule has 0 amide bonds. The largest absolute Gasteiger partial charge is 0.462 e. The van der Waals surface area contributed by atoms with Gasteiger partial charge in [-0.25, -0.2) is 0 Å². The number of aliphatic hydroxyl groups excluding tert-OH is 3. The molecule has 0 aromatic carbocycles. The first-order chi connectivity index (χ1) is 26.4. The van der Waals surface area contributed by atoms with Crippen LogP contribution in [0, 0.1) is 0 Å². The van der Waals surface area contributed by atoms with Crippen LogP contribution in [0.3, 0.4) is 0 Å². The highest BCUT2D eigenvalue weighted by atomic mass is 16.6. The van der Waals surface area contributed by atoms with Crippen molar-refractivity contribution < 1.29 is 34.4 Å². The van der Waals surface area contributed by atoms with E-state index in [2.05, 4.69) is 13.8 Å². The minimum Gasteiger partial charge on any atom is -0.462 e. The number of ether oxygens (including phenoxy) is 2. The standard InChI is InChI=1S/C47H80O7/c1-3-5-7-8-9-10-11-12-13-14-15-16-17-18-19-20-24-27-33-39-46(51)53-42-45(41-48)54-47(52)40-34-28-32-38-44(50)37-31-26-23-21-22-25-30-36-43(49)35-29-6-4-2/h6,22-23,25-26,29-32,36-38,43-45,48-50H,3-5,7-21,24,27-28,33-35,39-42H2,1-2H3/b25-22-,26-23-,29-6-,36-30+,37-31+,38-32-/t43-,44-,45-/m0/s1. The molecule has 0 aliphatic carbocycles. The van der Waals surface area contributed by atoms with Gasteiger partial charge in [-0.2, -0.15) is 0 Å². The highest BCUT2D eigenvalue weighted by Crippen LogP contribution is 2.15. The Balaban J connectivity index is 3.77. The molecule has 0 saturated carbocycles. The van der Waals surface area contributed by atoms with Gasteiger partial charge in [0.2, 0.25) is 0 Å². The summed E-state index contributed by atoms with van der Waals surface area (Å²) in [4.78, 5) is 24.3. The average Bonchev–Trinajstić information content (AvgIpc) is 3.16. The minimum absolute atomic E-state index is 0.137. The van der Waals surface area contributed by atoms with Gasteiger partial charge in [-0.15, -0.1) is 0 Å². The van der Waals surface area contributed by atoms with E-state index in [0.29, 0.717) is 25.7 Å². The summed E-state index contributed by atoms with van der Waals surface area (Å²) in [5.41, 5.74) is 0. The van der Waals surface area contributed by atoms with Gasteiger partial charge in [-0.3, -0.25) is 9.59 Å². The molecule has 54 heavy (non-hydrogen) atoms. The van der Waals surface area contributed by atoms with E-state index in [1.807, 2.05) is 48.6 Å². The second kappa shape index (κ2) is 41.4. The van der Waals surface area contributed by atoms with Crippen molar-refractivity contribution in [3.8, 4) is 0 Å². The normalized spacial score (nSPS) is 14.1. The molecule has 0 aliphatic heterocycles. The lowest BCUT2D eigenvalue weighted by molar-refractivity contribution is -0.161. The van der Waals surface area contributed by atoms with Crippen LogP contribution in [-0.2, 0) is 19.1 Å². The zero-order chi connectivity index (χ0) is 39.6. The molecule has 0 heterocycles.